The highest BCUT2D eigenvalue weighted by Crippen LogP contribution is 2.29. The van der Waals surface area contributed by atoms with Gasteiger partial charge in [0.15, 0.2) is 0 Å². The molecule has 1 saturated heterocycles. The number of H-pyrrole nitrogens is 1. The minimum Gasteiger partial charge on any atom is -0.463 e. The number of hydrogen-bond donors (Lipinski definition) is 1. The molecule has 4 aromatic rings. The summed E-state index contributed by atoms with van der Waals surface area (Å²) in [6.07, 6.45) is 5.78. The molecule has 0 aliphatic carbocycles. The molecular weight excluding hydrogens is 410 g/mol. The molecule has 9 nitrogen and oxygen atoms in total. The summed E-state index contributed by atoms with van der Waals surface area (Å²) in [5.74, 6) is 0.943. The minimum absolute atomic E-state index is 0.0702. The molecule has 32 heavy (non-hydrogen) atoms. The molecule has 1 fully saturated rings. The van der Waals surface area contributed by atoms with E-state index in [2.05, 4.69) is 15.2 Å². The molecule has 4 heterocycles. The number of furan rings is 1. The van der Waals surface area contributed by atoms with E-state index < -0.39 is 0 Å². The fraction of sp³-hybridized carbons (Fsp3) is 0.217. The molecule has 1 N–H and O–H groups in total. The molecule has 0 unspecified atom stereocenters. The highest BCUT2D eigenvalue weighted by Gasteiger charge is 2.24. The standard InChI is InChI=1S/C23H21N5O4/c29-12-11-27-7-9-28(10-8-27)23(30)19-15-31-21-13-17(2-3-18(19)21)32-22-4-1-16(14-24-22)20-5-6-25-26-20/h1-6,12-15H,7-11H2,(H,25,26). The predicted octanol–water partition coefficient (Wildman–Crippen LogP) is 2.97. The first-order valence-electron chi connectivity index (χ1n) is 10.3. The number of piperazine rings is 1. The van der Waals surface area contributed by atoms with Gasteiger partial charge in [0.05, 0.1) is 17.8 Å². The van der Waals surface area contributed by atoms with Crippen molar-refractivity contribution in [3.05, 3.63) is 60.6 Å². The zero-order valence-corrected chi connectivity index (χ0v) is 17.2. The van der Waals surface area contributed by atoms with Crippen molar-refractivity contribution in [2.24, 2.45) is 0 Å². The molecule has 0 radical (unpaired) electrons. The van der Waals surface area contributed by atoms with Gasteiger partial charge in [0.1, 0.15) is 23.9 Å². The lowest BCUT2D eigenvalue weighted by atomic mass is 10.1. The van der Waals surface area contributed by atoms with Crippen LogP contribution in [-0.4, -0.2) is 69.9 Å². The normalized spacial score (nSPS) is 14.6. The second-order valence-electron chi connectivity index (χ2n) is 7.52. The Morgan fingerprint density at radius 3 is 2.75 bits per heavy atom. The summed E-state index contributed by atoms with van der Waals surface area (Å²) in [4.78, 5) is 31.8. The van der Waals surface area contributed by atoms with Crippen molar-refractivity contribution in [1.29, 1.82) is 0 Å². The van der Waals surface area contributed by atoms with E-state index >= 15 is 0 Å². The Labute approximate surface area is 183 Å². The highest BCUT2D eigenvalue weighted by atomic mass is 16.5. The molecule has 5 rings (SSSR count). The maximum absolute atomic E-state index is 13.0. The van der Waals surface area contributed by atoms with Gasteiger partial charge in [-0.15, -0.1) is 0 Å². The van der Waals surface area contributed by atoms with E-state index in [4.69, 9.17) is 9.15 Å². The second-order valence-corrected chi connectivity index (χ2v) is 7.52. The summed E-state index contributed by atoms with van der Waals surface area (Å²) in [6, 6.07) is 10.9. The molecule has 3 aromatic heterocycles. The lowest BCUT2D eigenvalue weighted by molar-refractivity contribution is -0.109. The Morgan fingerprint density at radius 2 is 2.03 bits per heavy atom. The molecule has 1 aliphatic rings. The number of aldehydes is 1. The van der Waals surface area contributed by atoms with Crippen LogP contribution in [0.1, 0.15) is 10.4 Å². The number of fused-ring (bicyclic) bond motifs is 1. The average molecular weight is 431 g/mol. The van der Waals surface area contributed by atoms with E-state index in [1.54, 1.807) is 35.5 Å². The van der Waals surface area contributed by atoms with Gasteiger partial charge in [0.25, 0.3) is 5.91 Å². The first-order chi connectivity index (χ1) is 15.7. The third-order valence-electron chi connectivity index (χ3n) is 5.54. The molecular formula is C23H21N5O4. The number of carbonyl (C=O) groups is 2. The average Bonchev–Trinajstić information content (AvgIpc) is 3.50. The van der Waals surface area contributed by atoms with E-state index in [9.17, 15) is 9.59 Å². The number of amides is 1. The minimum atomic E-state index is -0.0702. The number of ether oxygens (including phenoxy) is 1. The van der Waals surface area contributed by atoms with Crippen LogP contribution < -0.4 is 4.74 Å². The van der Waals surface area contributed by atoms with Crippen LogP contribution in [0.25, 0.3) is 22.2 Å². The Bertz CT molecular complexity index is 1230. The fourth-order valence-electron chi connectivity index (χ4n) is 3.78. The number of hydrogen-bond acceptors (Lipinski definition) is 7. The number of nitrogens with one attached hydrogen (secondary N) is 1. The fourth-order valence-corrected chi connectivity index (χ4v) is 3.78. The Morgan fingerprint density at radius 1 is 1.16 bits per heavy atom. The summed E-state index contributed by atoms with van der Waals surface area (Å²) >= 11 is 0. The van der Waals surface area contributed by atoms with Gasteiger partial charge in [0.2, 0.25) is 5.88 Å². The van der Waals surface area contributed by atoms with Gasteiger partial charge in [-0.1, -0.05) is 0 Å². The molecule has 9 heteroatoms. The third-order valence-corrected chi connectivity index (χ3v) is 5.54. The maximum atomic E-state index is 13.0. The van der Waals surface area contributed by atoms with Gasteiger partial charge in [0, 0.05) is 61.7 Å². The third kappa shape index (κ3) is 3.97. The van der Waals surface area contributed by atoms with E-state index in [0.29, 0.717) is 55.5 Å². The number of pyridine rings is 1. The van der Waals surface area contributed by atoms with Crippen LogP contribution in [0.15, 0.2) is 59.5 Å². The van der Waals surface area contributed by atoms with E-state index in [0.717, 1.165) is 22.9 Å². The number of benzene rings is 1. The summed E-state index contributed by atoms with van der Waals surface area (Å²) in [7, 11) is 0. The van der Waals surface area contributed by atoms with Crippen molar-refractivity contribution in [3.63, 3.8) is 0 Å². The van der Waals surface area contributed by atoms with Gasteiger partial charge in [-0.05, 0) is 24.3 Å². The molecule has 0 bridgehead atoms. The van der Waals surface area contributed by atoms with Crippen molar-refractivity contribution in [3.8, 4) is 22.9 Å². The van der Waals surface area contributed by atoms with Crippen molar-refractivity contribution >= 4 is 23.2 Å². The van der Waals surface area contributed by atoms with Gasteiger partial charge in [-0.25, -0.2) is 4.98 Å². The number of rotatable bonds is 6. The number of aromatic amines is 1. The molecule has 0 spiro atoms. The van der Waals surface area contributed by atoms with E-state index in [-0.39, 0.29) is 5.91 Å². The lowest BCUT2D eigenvalue weighted by Gasteiger charge is -2.33. The summed E-state index contributed by atoms with van der Waals surface area (Å²) in [6.45, 7) is 2.94. The molecule has 162 valence electrons. The molecule has 1 amide bonds. The van der Waals surface area contributed by atoms with Crippen molar-refractivity contribution < 1.29 is 18.7 Å². The van der Waals surface area contributed by atoms with Crippen molar-refractivity contribution in [1.82, 2.24) is 25.0 Å². The zero-order chi connectivity index (χ0) is 21.9. The second kappa shape index (κ2) is 8.64. The zero-order valence-electron chi connectivity index (χ0n) is 17.2. The van der Waals surface area contributed by atoms with Crippen LogP contribution >= 0.6 is 0 Å². The van der Waals surface area contributed by atoms with Crippen LogP contribution in [0.3, 0.4) is 0 Å². The van der Waals surface area contributed by atoms with Crippen LogP contribution in [0.4, 0.5) is 0 Å². The Balaban J connectivity index is 1.29. The summed E-state index contributed by atoms with van der Waals surface area (Å²) in [5.41, 5.74) is 2.88. The monoisotopic (exact) mass is 431 g/mol. The van der Waals surface area contributed by atoms with Crippen LogP contribution in [0.5, 0.6) is 11.6 Å². The molecule has 1 aromatic carbocycles. The van der Waals surface area contributed by atoms with Crippen molar-refractivity contribution in [2.75, 3.05) is 32.7 Å². The number of carbonyl (C=O) groups excluding carboxylic acids is 2. The lowest BCUT2D eigenvalue weighted by Crippen LogP contribution is -2.49. The molecule has 0 saturated carbocycles. The van der Waals surface area contributed by atoms with Crippen LogP contribution in [-0.2, 0) is 4.79 Å². The van der Waals surface area contributed by atoms with Crippen LogP contribution in [0, 0.1) is 0 Å². The molecule has 1 aliphatic heterocycles. The van der Waals surface area contributed by atoms with Gasteiger partial charge in [-0.2, -0.15) is 5.10 Å². The quantitative estimate of drug-likeness (QED) is 0.468. The van der Waals surface area contributed by atoms with Crippen LogP contribution in [0.2, 0.25) is 0 Å². The number of nitrogens with zero attached hydrogens (tertiary/aromatic N) is 4. The Kier molecular flexibility index (Phi) is 5.39. The summed E-state index contributed by atoms with van der Waals surface area (Å²) in [5, 5.41) is 7.57. The first kappa shape index (κ1) is 20.0. The Hall–Kier alpha value is -3.98. The first-order valence-corrected chi connectivity index (χ1v) is 10.3. The number of aromatic nitrogens is 3. The van der Waals surface area contributed by atoms with Gasteiger partial charge < -0.3 is 18.8 Å². The van der Waals surface area contributed by atoms with Gasteiger partial charge in [-0.3, -0.25) is 14.8 Å². The summed E-state index contributed by atoms with van der Waals surface area (Å²) < 4.78 is 11.5. The predicted molar refractivity (Wildman–Crippen MR) is 117 cm³/mol. The van der Waals surface area contributed by atoms with E-state index in [1.807, 2.05) is 23.1 Å². The smallest absolute Gasteiger partial charge is 0.257 e. The SMILES string of the molecule is O=CCN1CCN(C(=O)c2coc3cc(Oc4ccc(-c5ccn[nH]5)cn4)ccc23)CC1. The maximum Gasteiger partial charge on any atom is 0.257 e. The highest BCUT2D eigenvalue weighted by molar-refractivity contribution is 6.06. The van der Waals surface area contributed by atoms with Gasteiger partial charge >= 0.3 is 0 Å². The van der Waals surface area contributed by atoms with Crippen molar-refractivity contribution in [2.45, 2.75) is 0 Å². The largest absolute Gasteiger partial charge is 0.463 e. The molecule has 0 atom stereocenters. The topological polar surface area (TPSA) is 105 Å². The van der Waals surface area contributed by atoms with E-state index in [1.165, 1.54) is 6.26 Å².